The molecule has 0 spiro atoms. The van der Waals surface area contributed by atoms with Gasteiger partial charge in [-0.2, -0.15) is 0 Å². The van der Waals surface area contributed by atoms with Crippen molar-refractivity contribution in [1.29, 1.82) is 0 Å². The maximum absolute atomic E-state index is 13.7. The van der Waals surface area contributed by atoms with Gasteiger partial charge < -0.3 is 0 Å². The smallest absolute Gasteiger partial charge is 0.134 e. The molecule has 0 aromatic heterocycles. The van der Waals surface area contributed by atoms with E-state index in [1.807, 2.05) is 12.3 Å². The van der Waals surface area contributed by atoms with Crippen molar-refractivity contribution in [1.82, 2.24) is 0 Å². The number of halogens is 2. The van der Waals surface area contributed by atoms with Gasteiger partial charge in [-0.1, -0.05) is 17.7 Å². The van der Waals surface area contributed by atoms with E-state index in [9.17, 15) is 4.39 Å². The van der Waals surface area contributed by atoms with Gasteiger partial charge in [0.05, 0.1) is 5.70 Å². The Balaban J connectivity index is 1.83. The summed E-state index contributed by atoms with van der Waals surface area (Å²) in [5, 5.41) is 0.419. The molecule has 1 saturated carbocycles. The average Bonchev–Trinajstić information content (AvgIpc) is 3.13. The third-order valence-electron chi connectivity index (χ3n) is 3.42. The van der Waals surface area contributed by atoms with Gasteiger partial charge in [0.2, 0.25) is 0 Å². The van der Waals surface area contributed by atoms with Crippen molar-refractivity contribution in [2.24, 2.45) is 16.8 Å². The number of benzene rings is 1. The van der Waals surface area contributed by atoms with Gasteiger partial charge in [0.25, 0.3) is 0 Å². The lowest BCUT2D eigenvalue weighted by molar-refractivity contribution is 0.614. The van der Waals surface area contributed by atoms with E-state index in [1.165, 1.54) is 18.9 Å². The van der Waals surface area contributed by atoms with Crippen molar-refractivity contribution in [3.8, 4) is 0 Å². The van der Waals surface area contributed by atoms with E-state index in [0.717, 1.165) is 18.0 Å². The quantitative estimate of drug-likeness (QED) is 0.740. The molecule has 1 aliphatic heterocycles. The topological polar surface area (TPSA) is 12.4 Å². The molecule has 3 heteroatoms. The molecule has 1 atom stereocenters. The van der Waals surface area contributed by atoms with Gasteiger partial charge in [-0.15, -0.1) is 0 Å². The Labute approximate surface area is 105 Å². The van der Waals surface area contributed by atoms with E-state index in [0.29, 0.717) is 16.5 Å². The molecule has 2 aliphatic rings. The van der Waals surface area contributed by atoms with Gasteiger partial charge >= 0.3 is 0 Å². The van der Waals surface area contributed by atoms with Crippen LogP contribution in [0.15, 0.2) is 29.3 Å². The normalized spacial score (nSPS) is 23.6. The molecule has 1 aromatic carbocycles. The van der Waals surface area contributed by atoms with Crippen molar-refractivity contribution in [3.05, 3.63) is 40.7 Å². The van der Waals surface area contributed by atoms with Gasteiger partial charge in [-0.3, -0.25) is 4.99 Å². The Morgan fingerprint density at radius 2 is 2.12 bits per heavy atom. The molecule has 1 aliphatic carbocycles. The van der Waals surface area contributed by atoms with Crippen molar-refractivity contribution in [2.75, 3.05) is 0 Å². The second-order valence-corrected chi connectivity index (χ2v) is 5.17. The predicted octanol–water partition coefficient (Wildman–Crippen LogP) is 4.32. The van der Waals surface area contributed by atoms with Crippen LogP contribution in [0, 0.1) is 17.7 Å². The van der Waals surface area contributed by atoms with Crippen LogP contribution >= 0.6 is 11.6 Å². The van der Waals surface area contributed by atoms with Crippen LogP contribution in [0.5, 0.6) is 0 Å². The van der Waals surface area contributed by atoms with Gasteiger partial charge in [-0.05, 0) is 43.4 Å². The summed E-state index contributed by atoms with van der Waals surface area (Å²) in [5.41, 5.74) is 1.27. The summed E-state index contributed by atoms with van der Waals surface area (Å²) in [4.78, 5) is 4.39. The number of hydrogen-bond donors (Lipinski definition) is 0. The highest BCUT2D eigenvalue weighted by atomic mass is 35.5. The Hall–Kier alpha value is -1.15. The Bertz CT molecular complexity index is 503. The summed E-state index contributed by atoms with van der Waals surface area (Å²) < 4.78 is 13.7. The fourth-order valence-electron chi connectivity index (χ4n) is 2.25. The monoisotopic (exact) mass is 249 g/mol. The fourth-order valence-corrected chi connectivity index (χ4v) is 2.41. The van der Waals surface area contributed by atoms with E-state index in [2.05, 4.69) is 4.99 Å². The molecule has 17 heavy (non-hydrogen) atoms. The van der Waals surface area contributed by atoms with E-state index < -0.39 is 0 Å². The first-order valence-electron chi connectivity index (χ1n) is 5.94. The largest absolute Gasteiger partial charge is 0.261 e. The molecule has 0 radical (unpaired) electrons. The lowest BCUT2D eigenvalue weighted by atomic mass is 9.97. The molecule has 0 bridgehead atoms. The molecule has 1 aromatic rings. The molecule has 88 valence electrons. The maximum atomic E-state index is 13.7. The predicted molar refractivity (Wildman–Crippen MR) is 68.7 cm³/mol. The average molecular weight is 250 g/mol. The second-order valence-electron chi connectivity index (χ2n) is 4.73. The SMILES string of the molecule is Fc1cc(Cl)ccc1C1=CCC(C2CC2)C=N1. The molecular formula is C14H13ClFN. The highest BCUT2D eigenvalue weighted by molar-refractivity contribution is 6.30. The highest BCUT2D eigenvalue weighted by Gasteiger charge is 2.30. The zero-order valence-corrected chi connectivity index (χ0v) is 10.1. The highest BCUT2D eigenvalue weighted by Crippen LogP contribution is 2.40. The lowest BCUT2D eigenvalue weighted by Crippen LogP contribution is -2.07. The van der Waals surface area contributed by atoms with Crippen LogP contribution in [0.2, 0.25) is 5.02 Å². The van der Waals surface area contributed by atoms with E-state index >= 15 is 0 Å². The summed E-state index contributed by atoms with van der Waals surface area (Å²) >= 11 is 5.73. The molecule has 1 nitrogen and oxygen atoms in total. The van der Waals surface area contributed by atoms with Crippen molar-refractivity contribution in [2.45, 2.75) is 19.3 Å². The van der Waals surface area contributed by atoms with Gasteiger partial charge in [0.15, 0.2) is 0 Å². The van der Waals surface area contributed by atoms with Crippen LogP contribution in [0.4, 0.5) is 4.39 Å². The minimum absolute atomic E-state index is 0.300. The first-order valence-corrected chi connectivity index (χ1v) is 6.31. The number of rotatable bonds is 2. The lowest BCUT2D eigenvalue weighted by Gasteiger charge is -2.15. The van der Waals surface area contributed by atoms with Gasteiger partial charge in [0.1, 0.15) is 5.82 Å². The van der Waals surface area contributed by atoms with Crippen molar-refractivity contribution in [3.63, 3.8) is 0 Å². The third-order valence-corrected chi connectivity index (χ3v) is 3.66. The molecule has 1 heterocycles. The van der Waals surface area contributed by atoms with E-state index in [1.54, 1.807) is 12.1 Å². The first kappa shape index (κ1) is 11.0. The van der Waals surface area contributed by atoms with Gasteiger partial charge in [-0.25, -0.2) is 4.39 Å². The minimum Gasteiger partial charge on any atom is -0.261 e. The molecular weight excluding hydrogens is 237 g/mol. The molecule has 1 unspecified atom stereocenters. The van der Waals surface area contributed by atoms with Crippen LogP contribution in [0.1, 0.15) is 24.8 Å². The molecule has 1 fully saturated rings. The standard InChI is InChI=1S/C14H13ClFN/c15-11-4-5-12(13(16)7-11)14-6-3-10(8-17-14)9-1-2-9/h4-10H,1-3H2. The zero-order valence-electron chi connectivity index (χ0n) is 9.37. The van der Waals surface area contributed by atoms with Crippen molar-refractivity contribution < 1.29 is 4.39 Å². The third kappa shape index (κ3) is 2.27. The summed E-state index contributed by atoms with van der Waals surface area (Å²) in [6, 6.07) is 4.72. The van der Waals surface area contributed by atoms with Crippen LogP contribution < -0.4 is 0 Å². The van der Waals surface area contributed by atoms with Crippen molar-refractivity contribution >= 4 is 23.5 Å². The molecule has 0 saturated heterocycles. The summed E-state index contributed by atoms with van der Waals surface area (Å²) in [6.45, 7) is 0. The Morgan fingerprint density at radius 1 is 1.29 bits per heavy atom. The summed E-state index contributed by atoms with van der Waals surface area (Å²) in [5.74, 6) is 1.08. The number of allylic oxidation sites excluding steroid dienone is 1. The van der Waals surface area contributed by atoms with Crippen LogP contribution in [-0.2, 0) is 0 Å². The summed E-state index contributed by atoms with van der Waals surface area (Å²) in [7, 11) is 0. The molecule has 3 rings (SSSR count). The van der Waals surface area contributed by atoms with Crippen LogP contribution in [0.25, 0.3) is 5.70 Å². The maximum Gasteiger partial charge on any atom is 0.134 e. The van der Waals surface area contributed by atoms with E-state index in [-0.39, 0.29) is 5.82 Å². The Kier molecular flexibility index (Phi) is 2.75. The minimum atomic E-state index is -0.300. The Morgan fingerprint density at radius 3 is 2.71 bits per heavy atom. The molecule has 0 N–H and O–H groups in total. The number of nitrogens with zero attached hydrogens (tertiary/aromatic N) is 1. The zero-order chi connectivity index (χ0) is 11.8. The first-order chi connectivity index (χ1) is 8.24. The fraction of sp³-hybridized carbons (Fsp3) is 0.357. The van der Waals surface area contributed by atoms with E-state index in [4.69, 9.17) is 11.6 Å². The number of aliphatic imine (C=N–C) groups is 1. The second kappa shape index (κ2) is 4.26. The van der Waals surface area contributed by atoms with Gasteiger partial charge in [0, 0.05) is 22.7 Å². The van der Waals surface area contributed by atoms with Crippen LogP contribution in [0.3, 0.4) is 0 Å². The molecule has 0 amide bonds. The van der Waals surface area contributed by atoms with Crippen LogP contribution in [-0.4, -0.2) is 6.21 Å². The number of hydrogen-bond acceptors (Lipinski definition) is 1. The summed E-state index contributed by atoms with van der Waals surface area (Å²) in [6.07, 6.45) is 7.63.